The van der Waals surface area contributed by atoms with Crippen molar-refractivity contribution < 1.29 is 4.74 Å². The van der Waals surface area contributed by atoms with Crippen LogP contribution in [0.4, 0.5) is 5.69 Å². The third kappa shape index (κ3) is 4.54. The molecule has 112 valence electrons. The van der Waals surface area contributed by atoms with Crippen molar-refractivity contribution in [3.63, 3.8) is 0 Å². The van der Waals surface area contributed by atoms with Gasteiger partial charge in [0.15, 0.2) is 5.96 Å². The molecule has 21 heavy (non-hydrogen) atoms. The van der Waals surface area contributed by atoms with Crippen LogP contribution < -0.4 is 11.1 Å². The number of aromatic nitrogens is 1. The molecule has 0 amide bonds. The first-order valence-electron chi connectivity index (χ1n) is 6.80. The number of nitrogens with one attached hydrogen (secondary N) is 1. The molecular weight excluding hydrogens is 284 g/mol. The highest BCUT2D eigenvalue weighted by molar-refractivity contribution is 7.09. The maximum Gasteiger partial charge on any atom is 0.193 e. The molecule has 0 unspecified atom stereocenters. The monoisotopic (exact) mass is 304 g/mol. The summed E-state index contributed by atoms with van der Waals surface area (Å²) in [5, 5.41) is 6.25. The van der Waals surface area contributed by atoms with E-state index in [-0.39, 0.29) is 0 Å². The van der Waals surface area contributed by atoms with E-state index < -0.39 is 0 Å². The van der Waals surface area contributed by atoms with Crippen molar-refractivity contribution in [2.75, 3.05) is 12.4 Å². The third-order valence-electron chi connectivity index (χ3n) is 2.89. The van der Waals surface area contributed by atoms with Crippen molar-refractivity contribution in [1.82, 2.24) is 4.98 Å². The Morgan fingerprint density at radius 2 is 2.24 bits per heavy atom. The van der Waals surface area contributed by atoms with E-state index in [0.717, 1.165) is 28.4 Å². The van der Waals surface area contributed by atoms with E-state index in [1.165, 1.54) is 0 Å². The standard InChI is InChI=1S/C15H20N4OS/c1-3-14-18-12(10-21-14)8-17-15(16)19-13-7-5-4-6-11(13)9-20-2/h4-7,10H,3,8-9H2,1-2H3,(H3,16,17,19). The van der Waals surface area contributed by atoms with Crippen molar-refractivity contribution >= 4 is 23.0 Å². The lowest BCUT2D eigenvalue weighted by molar-refractivity contribution is 0.185. The van der Waals surface area contributed by atoms with Gasteiger partial charge in [0, 0.05) is 23.7 Å². The van der Waals surface area contributed by atoms with Crippen molar-refractivity contribution in [2.24, 2.45) is 10.7 Å². The summed E-state index contributed by atoms with van der Waals surface area (Å²) >= 11 is 1.66. The molecule has 1 aromatic carbocycles. The minimum Gasteiger partial charge on any atom is -0.380 e. The van der Waals surface area contributed by atoms with Crippen LogP contribution >= 0.6 is 11.3 Å². The van der Waals surface area contributed by atoms with Gasteiger partial charge in [-0.05, 0) is 12.5 Å². The lowest BCUT2D eigenvalue weighted by Gasteiger charge is -2.10. The summed E-state index contributed by atoms with van der Waals surface area (Å²) in [6, 6.07) is 7.86. The number of rotatable bonds is 6. The van der Waals surface area contributed by atoms with Gasteiger partial charge < -0.3 is 15.8 Å². The largest absolute Gasteiger partial charge is 0.380 e. The molecule has 0 aliphatic rings. The van der Waals surface area contributed by atoms with Crippen LogP contribution in [0.25, 0.3) is 0 Å². The van der Waals surface area contributed by atoms with E-state index in [9.17, 15) is 0 Å². The summed E-state index contributed by atoms with van der Waals surface area (Å²) < 4.78 is 5.17. The second kappa shape index (κ2) is 7.75. The topological polar surface area (TPSA) is 72.5 Å². The fourth-order valence-corrected chi connectivity index (χ4v) is 2.59. The zero-order valence-electron chi connectivity index (χ0n) is 12.3. The number of guanidine groups is 1. The van der Waals surface area contributed by atoms with Crippen LogP contribution in [0.5, 0.6) is 0 Å². The average Bonchev–Trinajstić information content (AvgIpc) is 2.95. The zero-order chi connectivity index (χ0) is 15.1. The highest BCUT2D eigenvalue weighted by Crippen LogP contribution is 2.15. The Labute approximate surface area is 128 Å². The van der Waals surface area contributed by atoms with E-state index in [4.69, 9.17) is 10.5 Å². The summed E-state index contributed by atoms with van der Waals surface area (Å²) in [5.41, 5.74) is 8.83. The van der Waals surface area contributed by atoms with Crippen LogP contribution in [-0.2, 0) is 24.3 Å². The van der Waals surface area contributed by atoms with Gasteiger partial charge in [0.05, 0.1) is 23.9 Å². The predicted molar refractivity (Wildman–Crippen MR) is 87.6 cm³/mol. The van der Waals surface area contributed by atoms with E-state index in [1.54, 1.807) is 18.4 Å². The molecule has 0 aliphatic heterocycles. The summed E-state index contributed by atoms with van der Waals surface area (Å²) in [6.07, 6.45) is 0.951. The molecular formula is C15H20N4OS. The molecule has 2 aromatic rings. The van der Waals surface area contributed by atoms with E-state index in [2.05, 4.69) is 22.2 Å². The van der Waals surface area contributed by atoms with Gasteiger partial charge in [-0.15, -0.1) is 11.3 Å². The Balaban J connectivity index is 2.00. The average molecular weight is 304 g/mol. The first-order valence-corrected chi connectivity index (χ1v) is 7.68. The third-order valence-corrected chi connectivity index (χ3v) is 3.94. The number of aliphatic imine (C=N–C) groups is 1. The summed E-state index contributed by atoms with van der Waals surface area (Å²) in [7, 11) is 1.67. The maximum absolute atomic E-state index is 5.93. The number of aryl methyl sites for hydroxylation is 1. The van der Waals surface area contributed by atoms with E-state index in [1.807, 2.05) is 29.6 Å². The molecule has 0 fully saturated rings. The van der Waals surface area contributed by atoms with Crippen LogP contribution in [0.2, 0.25) is 0 Å². The molecule has 6 heteroatoms. The van der Waals surface area contributed by atoms with E-state index in [0.29, 0.717) is 19.1 Å². The van der Waals surface area contributed by atoms with Crippen molar-refractivity contribution in [1.29, 1.82) is 0 Å². The molecule has 1 aromatic heterocycles. The van der Waals surface area contributed by atoms with Crippen molar-refractivity contribution in [3.8, 4) is 0 Å². The quantitative estimate of drug-likeness (QED) is 0.636. The van der Waals surface area contributed by atoms with Crippen LogP contribution in [0.3, 0.4) is 0 Å². The van der Waals surface area contributed by atoms with Gasteiger partial charge in [-0.3, -0.25) is 0 Å². The molecule has 2 rings (SSSR count). The molecule has 0 saturated heterocycles. The van der Waals surface area contributed by atoms with Gasteiger partial charge in [-0.25, -0.2) is 9.98 Å². The maximum atomic E-state index is 5.93. The number of benzene rings is 1. The molecule has 0 radical (unpaired) electrons. The number of anilines is 1. The Morgan fingerprint density at radius 3 is 2.95 bits per heavy atom. The smallest absolute Gasteiger partial charge is 0.193 e. The van der Waals surface area contributed by atoms with Gasteiger partial charge in [-0.2, -0.15) is 0 Å². The summed E-state index contributed by atoms with van der Waals surface area (Å²) in [4.78, 5) is 8.79. The van der Waals surface area contributed by atoms with Gasteiger partial charge in [0.1, 0.15) is 0 Å². The second-order valence-corrected chi connectivity index (χ2v) is 5.45. The van der Waals surface area contributed by atoms with Crippen LogP contribution in [0.15, 0.2) is 34.6 Å². The molecule has 0 atom stereocenters. The lowest BCUT2D eigenvalue weighted by Crippen LogP contribution is -2.23. The van der Waals surface area contributed by atoms with Gasteiger partial charge in [0.25, 0.3) is 0 Å². The minimum absolute atomic E-state index is 0.379. The second-order valence-electron chi connectivity index (χ2n) is 4.50. The first kappa shape index (κ1) is 15.5. The minimum atomic E-state index is 0.379. The molecule has 1 heterocycles. The fourth-order valence-electron chi connectivity index (χ4n) is 1.85. The number of nitrogens with zero attached hydrogens (tertiary/aromatic N) is 2. The number of para-hydroxylation sites is 1. The Morgan fingerprint density at radius 1 is 1.43 bits per heavy atom. The van der Waals surface area contributed by atoms with Crippen LogP contribution in [-0.4, -0.2) is 18.1 Å². The van der Waals surface area contributed by atoms with Gasteiger partial charge >= 0.3 is 0 Å². The SMILES string of the molecule is CCc1nc(CN=C(N)Nc2ccccc2COC)cs1. The Bertz CT molecular complexity index is 609. The van der Waals surface area contributed by atoms with E-state index >= 15 is 0 Å². The van der Waals surface area contributed by atoms with Crippen LogP contribution in [0.1, 0.15) is 23.2 Å². The summed E-state index contributed by atoms with van der Waals surface area (Å²) in [6.45, 7) is 3.11. The number of nitrogens with two attached hydrogens (primary N) is 1. The molecule has 0 saturated carbocycles. The van der Waals surface area contributed by atoms with Gasteiger partial charge in [0.2, 0.25) is 0 Å². The predicted octanol–water partition coefficient (Wildman–Crippen LogP) is 2.78. The Hall–Kier alpha value is -1.92. The van der Waals surface area contributed by atoms with Crippen LogP contribution in [0, 0.1) is 0 Å². The molecule has 3 N–H and O–H groups in total. The van der Waals surface area contributed by atoms with Gasteiger partial charge in [-0.1, -0.05) is 25.1 Å². The molecule has 0 aliphatic carbocycles. The zero-order valence-corrected chi connectivity index (χ0v) is 13.1. The lowest BCUT2D eigenvalue weighted by atomic mass is 10.2. The Kier molecular flexibility index (Phi) is 5.71. The fraction of sp³-hybridized carbons (Fsp3) is 0.333. The highest BCUT2D eigenvalue weighted by Gasteiger charge is 2.03. The number of ether oxygens (including phenoxy) is 1. The molecule has 0 bridgehead atoms. The number of methoxy groups -OCH3 is 1. The van der Waals surface area contributed by atoms with Crippen molar-refractivity contribution in [2.45, 2.75) is 26.5 Å². The van der Waals surface area contributed by atoms with Crippen molar-refractivity contribution in [3.05, 3.63) is 45.9 Å². The highest BCUT2D eigenvalue weighted by atomic mass is 32.1. The number of hydrogen-bond acceptors (Lipinski definition) is 4. The molecule has 0 spiro atoms. The molecule has 5 nitrogen and oxygen atoms in total. The summed E-state index contributed by atoms with van der Waals surface area (Å²) in [5.74, 6) is 0.379. The first-order chi connectivity index (χ1) is 10.2. The normalized spacial score (nSPS) is 11.6. The number of thiazole rings is 1. The number of hydrogen-bond donors (Lipinski definition) is 2.